The Labute approximate surface area is 194 Å². The molecule has 0 unspecified atom stereocenters. The molecule has 0 aliphatic carbocycles. The average Bonchev–Trinajstić information content (AvgIpc) is 3.21. The molecule has 1 heterocycles. The van der Waals surface area contributed by atoms with Gasteiger partial charge in [0.15, 0.2) is 17.5 Å². The molecule has 162 valence electrons. The van der Waals surface area contributed by atoms with Crippen LogP contribution in [0.5, 0.6) is 11.5 Å². The number of hydrogen-bond donors (Lipinski definition) is 3. The lowest BCUT2D eigenvalue weighted by Crippen LogP contribution is -2.39. The SMILES string of the molecule is CCNC(=NCC(=O)NCCc1ccccc1)NCCc1ccc2c(c1)OCO2.I. The third kappa shape index (κ3) is 7.74. The molecule has 8 heteroatoms. The van der Waals surface area contributed by atoms with E-state index in [0.29, 0.717) is 19.0 Å². The number of benzene rings is 2. The summed E-state index contributed by atoms with van der Waals surface area (Å²) >= 11 is 0. The van der Waals surface area contributed by atoms with Gasteiger partial charge in [-0.15, -0.1) is 24.0 Å². The Kier molecular flexibility index (Phi) is 10.3. The van der Waals surface area contributed by atoms with Gasteiger partial charge in [0.05, 0.1) is 0 Å². The highest BCUT2D eigenvalue weighted by Gasteiger charge is 2.13. The van der Waals surface area contributed by atoms with Crippen LogP contribution < -0.4 is 25.4 Å². The minimum absolute atomic E-state index is 0. The molecule has 0 fully saturated rings. The first-order valence-electron chi connectivity index (χ1n) is 9.96. The maximum atomic E-state index is 12.0. The molecule has 0 atom stereocenters. The molecule has 2 aromatic carbocycles. The number of carbonyl (C=O) groups is 1. The second-order valence-corrected chi connectivity index (χ2v) is 6.65. The number of hydrogen-bond acceptors (Lipinski definition) is 4. The summed E-state index contributed by atoms with van der Waals surface area (Å²) in [5.41, 5.74) is 2.35. The molecule has 3 N–H and O–H groups in total. The zero-order valence-corrected chi connectivity index (χ0v) is 19.5. The third-order valence-electron chi connectivity index (χ3n) is 4.45. The number of halogens is 1. The minimum atomic E-state index is -0.0890. The lowest BCUT2D eigenvalue weighted by Gasteiger charge is -2.11. The predicted octanol–water partition coefficient (Wildman–Crippen LogP) is 2.49. The summed E-state index contributed by atoms with van der Waals surface area (Å²) < 4.78 is 10.7. The Morgan fingerprint density at radius 1 is 0.933 bits per heavy atom. The van der Waals surface area contributed by atoms with Crippen LogP contribution in [-0.4, -0.2) is 44.8 Å². The van der Waals surface area contributed by atoms with Crippen LogP contribution in [-0.2, 0) is 17.6 Å². The molecule has 1 aliphatic heterocycles. The lowest BCUT2D eigenvalue weighted by atomic mass is 10.1. The van der Waals surface area contributed by atoms with Crippen molar-refractivity contribution in [3.05, 3.63) is 59.7 Å². The molecule has 0 saturated carbocycles. The van der Waals surface area contributed by atoms with Crippen molar-refractivity contribution in [3.63, 3.8) is 0 Å². The molecule has 2 aromatic rings. The van der Waals surface area contributed by atoms with E-state index in [1.807, 2.05) is 43.3 Å². The molecule has 1 aliphatic rings. The molecule has 1 amide bonds. The average molecular weight is 524 g/mol. The second-order valence-electron chi connectivity index (χ2n) is 6.65. The van der Waals surface area contributed by atoms with E-state index in [0.717, 1.165) is 36.4 Å². The summed E-state index contributed by atoms with van der Waals surface area (Å²) in [5, 5.41) is 9.33. The standard InChI is InChI=1S/C22H28N4O3.HI/c1-2-23-22(25-13-11-18-8-9-19-20(14-18)29-16-28-19)26-15-21(27)24-12-10-17-6-4-3-5-7-17;/h3-9,14H,2,10-13,15-16H2,1H3,(H,24,27)(H2,23,25,26);1H. The molecule has 0 aromatic heterocycles. The molecule has 0 radical (unpaired) electrons. The zero-order chi connectivity index (χ0) is 20.3. The number of rotatable bonds is 9. The van der Waals surface area contributed by atoms with Crippen LogP contribution >= 0.6 is 24.0 Å². The number of nitrogens with zero attached hydrogens (tertiary/aromatic N) is 1. The van der Waals surface area contributed by atoms with Gasteiger partial charge in [0.2, 0.25) is 12.7 Å². The Bertz CT molecular complexity index is 830. The molecular weight excluding hydrogens is 495 g/mol. The molecule has 7 nitrogen and oxygen atoms in total. The van der Waals surface area contributed by atoms with Crippen LogP contribution in [0.25, 0.3) is 0 Å². The number of ether oxygens (including phenoxy) is 2. The van der Waals surface area contributed by atoms with E-state index in [-0.39, 0.29) is 43.2 Å². The van der Waals surface area contributed by atoms with Crippen molar-refractivity contribution >= 4 is 35.8 Å². The molecule has 0 saturated heterocycles. The van der Waals surface area contributed by atoms with E-state index in [1.54, 1.807) is 0 Å². The van der Waals surface area contributed by atoms with Crippen molar-refractivity contribution in [2.75, 3.05) is 33.0 Å². The van der Waals surface area contributed by atoms with Gasteiger partial charge in [-0.1, -0.05) is 36.4 Å². The zero-order valence-electron chi connectivity index (χ0n) is 17.1. The van der Waals surface area contributed by atoms with Crippen molar-refractivity contribution in [1.29, 1.82) is 0 Å². The van der Waals surface area contributed by atoms with Crippen LogP contribution in [0.4, 0.5) is 0 Å². The first kappa shape index (κ1) is 23.8. The van der Waals surface area contributed by atoms with Crippen molar-refractivity contribution in [1.82, 2.24) is 16.0 Å². The van der Waals surface area contributed by atoms with E-state index < -0.39 is 0 Å². The van der Waals surface area contributed by atoms with Crippen LogP contribution in [0, 0.1) is 0 Å². The Balaban J connectivity index is 0.00000320. The molecular formula is C22H29IN4O3. The van der Waals surface area contributed by atoms with E-state index >= 15 is 0 Å². The summed E-state index contributed by atoms with van der Waals surface area (Å²) in [6.07, 6.45) is 1.62. The minimum Gasteiger partial charge on any atom is -0.454 e. The second kappa shape index (κ2) is 12.9. The summed E-state index contributed by atoms with van der Waals surface area (Å²) in [6.45, 7) is 4.39. The van der Waals surface area contributed by atoms with Crippen molar-refractivity contribution in [2.45, 2.75) is 19.8 Å². The Morgan fingerprint density at radius 2 is 1.67 bits per heavy atom. The number of fused-ring (bicyclic) bond motifs is 1. The van der Waals surface area contributed by atoms with Crippen molar-refractivity contribution in [2.24, 2.45) is 4.99 Å². The first-order chi connectivity index (χ1) is 14.2. The van der Waals surface area contributed by atoms with Crippen LogP contribution in [0.3, 0.4) is 0 Å². The van der Waals surface area contributed by atoms with Gasteiger partial charge < -0.3 is 25.4 Å². The Hall–Kier alpha value is -2.49. The first-order valence-corrected chi connectivity index (χ1v) is 9.96. The van der Waals surface area contributed by atoms with Gasteiger partial charge in [-0.25, -0.2) is 4.99 Å². The fourth-order valence-electron chi connectivity index (χ4n) is 2.96. The van der Waals surface area contributed by atoms with Gasteiger partial charge in [-0.2, -0.15) is 0 Å². The monoisotopic (exact) mass is 524 g/mol. The normalized spacial score (nSPS) is 12.1. The number of guanidine groups is 1. The number of carbonyl (C=O) groups excluding carboxylic acids is 1. The van der Waals surface area contributed by atoms with Gasteiger partial charge >= 0.3 is 0 Å². The highest BCUT2D eigenvalue weighted by atomic mass is 127. The molecule has 3 rings (SSSR count). The highest BCUT2D eigenvalue weighted by molar-refractivity contribution is 14.0. The summed E-state index contributed by atoms with van der Waals surface area (Å²) in [5.74, 6) is 2.12. The summed E-state index contributed by atoms with van der Waals surface area (Å²) in [6, 6.07) is 16.0. The van der Waals surface area contributed by atoms with E-state index in [2.05, 4.69) is 33.1 Å². The lowest BCUT2D eigenvalue weighted by molar-refractivity contribution is -0.119. The third-order valence-corrected chi connectivity index (χ3v) is 4.45. The van der Waals surface area contributed by atoms with Gasteiger partial charge in [0.1, 0.15) is 6.54 Å². The number of amides is 1. The van der Waals surface area contributed by atoms with Gasteiger partial charge in [-0.05, 0) is 43.0 Å². The maximum Gasteiger partial charge on any atom is 0.241 e. The molecule has 0 spiro atoms. The van der Waals surface area contributed by atoms with E-state index in [1.165, 1.54) is 5.56 Å². The maximum absolute atomic E-state index is 12.0. The fraction of sp³-hybridized carbons (Fsp3) is 0.364. The number of aliphatic imine (C=N–C) groups is 1. The predicted molar refractivity (Wildman–Crippen MR) is 129 cm³/mol. The van der Waals surface area contributed by atoms with E-state index in [4.69, 9.17) is 9.47 Å². The van der Waals surface area contributed by atoms with Gasteiger partial charge in [-0.3, -0.25) is 4.79 Å². The molecule has 0 bridgehead atoms. The summed E-state index contributed by atoms with van der Waals surface area (Å²) in [7, 11) is 0. The van der Waals surface area contributed by atoms with Crippen LogP contribution in [0.2, 0.25) is 0 Å². The topological polar surface area (TPSA) is 84.0 Å². The number of nitrogens with one attached hydrogen (secondary N) is 3. The van der Waals surface area contributed by atoms with E-state index in [9.17, 15) is 4.79 Å². The van der Waals surface area contributed by atoms with Crippen LogP contribution in [0.15, 0.2) is 53.5 Å². The highest BCUT2D eigenvalue weighted by Crippen LogP contribution is 2.32. The van der Waals surface area contributed by atoms with Gasteiger partial charge in [0.25, 0.3) is 0 Å². The smallest absolute Gasteiger partial charge is 0.241 e. The van der Waals surface area contributed by atoms with Crippen molar-refractivity contribution in [3.8, 4) is 11.5 Å². The largest absolute Gasteiger partial charge is 0.454 e. The fourth-order valence-corrected chi connectivity index (χ4v) is 2.96. The Morgan fingerprint density at radius 3 is 2.47 bits per heavy atom. The van der Waals surface area contributed by atoms with Crippen molar-refractivity contribution < 1.29 is 14.3 Å². The molecule has 30 heavy (non-hydrogen) atoms. The van der Waals surface area contributed by atoms with Crippen LogP contribution in [0.1, 0.15) is 18.1 Å². The summed E-state index contributed by atoms with van der Waals surface area (Å²) in [4.78, 5) is 16.4. The van der Waals surface area contributed by atoms with Gasteiger partial charge in [0, 0.05) is 19.6 Å². The quantitative estimate of drug-likeness (QED) is 0.267.